The number of hydrogen-bond donors (Lipinski definition) is 2. The van der Waals surface area contributed by atoms with E-state index in [9.17, 15) is 9.59 Å². The van der Waals surface area contributed by atoms with Gasteiger partial charge in [0.05, 0.1) is 11.6 Å². The van der Waals surface area contributed by atoms with E-state index < -0.39 is 11.8 Å². The summed E-state index contributed by atoms with van der Waals surface area (Å²) in [5, 5.41) is 10.9. The van der Waals surface area contributed by atoms with Crippen molar-refractivity contribution >= 4 is 11.8 Å². The van der Waals surface area contributed by atoms with Gasteiger partial charge in [0.25, 0.3) is 5.91 Å². The van der Waals surface area contributed by atoms with Crippen LogP contribution in [-0.4, -0.2) is 32.0 Å². The molecule has 0 aliphatic rings. The van der Waals surface area contributed by atoms with Gasteiger partial charge in [-0.25, -0.2) is 4.68 Å². The molecule has 0 unspecified atom stereocenters. The van der Waals surface area contributed by atoms with E-state index in [2.05, 4.69) is 26.4 Å². The first kappa shape index (κ1) is 19.0. The van der Waals surface area contributed by atoms with Crippen molar-refractivity contribution in [2.24, 2.45) is 0 Å². The molecule has 3 aromatic carbocycles. The number of aromatic nitrogens is 4. The summed E-state index contributed by atoms with van der Waals surface area (Å²) in [7, 11) is 0. The maximum absolute atomic E-state index is 12.9. The van der Waals surface area contributed by atoms with Crippen LogP contribution in [0.15, 0.2) is 91.3 Å². The standard InChI is InChI=1S/C22H18N6O2/c29-21(18-11-13-19(14-12-18)28-15-23-26-27-28)24-25-22(30)20(16-7-3-1-4-8-16)17-9-5-2-6-10-17/h1-15,20H,(H,24,29)(H,25,30). The van der Waals surface area contributed by atoms with Crippen molar-refractivity contribution in [1.29, 1.82) is 0 Å². The Morgan fingerprint density at radius 3 is 1.90 bits per heavy atom. The van der Waals surface area contributed by atoms with Gasteiger partial charge in [0.15, 0.2) is 0 Å². The van der Waals surface area contributed by atoms with Crippen molar-refractivity contribution in [1.82, 2.24) is 31.1 Å². The molecule has 0 aliphatic heterocycles. The van der Waals surface area contributed by atoms with E-state index in [1.807, 2.05) is 60.7 Å². The smallest absolute Gasteiger partial charge is 0.269 e. The van der Waals surface area contributed by atoms with Gasteiger partial charge in [-0.15, -0.1) is 5.10 Å². The Balaban J connectivity index is 1.46. The van der Waals surface area contributed by atoms with Crippen molar-refractivity contribution in [2.45, 2.75) is 5.92 Å². The molecule has 8 heteroatoms. The third kappa shape index (κ3) is 4.22. The molecule has 0 atom stereocenters. The second kappa shape index (κ2) is 8.78. The second-order valence-corrected chi connectivity index (χ2v) is 6.50. The van der Waals surface area contributed by atoms with Crippen molar-refractivity contribution in [3.05, 3.63) is 108 Å². The number of hydrazine groups is 1. The largest absolute Gasteiger partial charge is 0.272 e. The lowest BCUT2D eigenvalue weighted by Crippen LogP contribution is -2.44. The minimum Gasteiger partial charge on any atom is -0.272 e. The van der Waals surface area contributed by atoms with Crippen LogP contribution in [0.1, 0.15) is 27.4 Å². The molecule has 30 heavy (non-hydrogen) atoms. The molecular weight excluding hydrogens is 380 g/mol. The predicted molar refractivity (Wildman–Crippen MR) is 109 cm³/mol. The Morgan fingerprint density at radius 2 is 1.37 bits per heavy atom. The zero-order valence-electron chi connectivity index (χ0n) is 15.8. The lowest BCUT2D eigenvalue weighted by molar-refractivity contribution is -0.122. The summed E-state index contributed by atoms with van der Waals surface area (Å²) in [4.78, 5) is 25.4. The monoisotopic (exact) mass is 398 g/mol. The van der Waals surface area contributed by atoms with E-state index in [4.69, 9.17) is 0 Å². The Hall–Kier alpha value is -4.33. The van der Waals surface area contributed by atoms with Gasteiger partial charge < -0.3 is 0 Å². The number of carbonyl (C=O) groups is 2. The molecule has 2 amide bonds. The molecular formula is C22H18N6O2. The van der Waals surface area contributed by atoms with Crippen LogP contribution >= 0.6 is 0 Å². The highest BCUT2D eigenvalue weighted by Gasteiger charge is 2.23. The lowest BCUT2D eigenvalue weighted by Gasteiger charge is -2.18. The summed E-state index contributed by atoms with van der Waals surface area (Å²) in [6.07, 6.45) is 1.46. The molecule has 0 radical (unpaired) electrons. The van der Waals surface area contributed by atoms with Crippen LogP contribution in [-0.2, 0) is 4.79 Å². The van der Waals surface area contributed by atoms with Crippen LogP contribution in [0.4, 0.5) is 0 Å². The summed E-state index contributed by atoms with van der Waals surface area (Å²) in [6, 6.07) is 25.5. The normalized spacial score (nSPS) is 10.6. The number of nitrogens with zero attached hydrogens (tertiary/aromatic N) is 4. The maximum Gasteiger partial charge on any atom is 0.269 e. The summed E-state index contributed by atoms with van der Waals surface area (Å²) in [5.74, 6) is -1.30. The Morgan fingerprint density at radius 1 is 0.767 bits per heavy atom. The maximum atomic E-state index is 12.9. The predicted octanol–water partition coefficient (Wildman–Crippen LogP) is 2.26. The van der Waals surface area contributed by atoms with Crippen LogP contribution in [0.3, 0.4) is 0 Å². The minimum atomic E-state index is -0.546. The third-order valence-electron chi connectivity index (χ3n) is 4.57. The lowest BCUT2D eigenvalue weighted by atomic mass is 9.91. The number of hydrogen-bond acceptors (Lipinski definition) is 5. The van der Waals surface area contributed by atoms with Crippen LogP contribution < -0.4 is 10.9 Å². The molecule has 8 nitrogen and oxygen atoms in total. The Bertz CT molecular complexity index is 1070. The number of nitrogens with one attached hydrogen (secondary N) is 2. The Kier molecular flexibility index (Phi) is 5.56. The second-order valence-electron chi connectivity index (χ2n) is 6.50. The van der Waals surface area contributed by atoms with Crippen molar-refractivity contribution in [3.63, 3.8) is 0 Å². The summed E-state index contributed by atoms with van der Waals surface area (Å²) < 4.78 is 1.48. The van der Waals surface area contributed by atoms with Gasteiger partial charge in [0.2, 0.25) is 5.91 Å². The first-order chi connectivity index (χ1) is 14.7. The fraction of sp³-hybridized carbons (Fsp3) is 0.0455. The molecule has 0 saturated heterocycles. The molecule has 1 heterocycles. The summed E-state index contributed by atoms with van der Waals surface area (Å²) >= 11 is 0. The molecule has 0 fully saturated rings. The van der Waals surface area contributed by atoms with E-state index in [0.717, 1.165) is 11.1 Å². The Labute approximate surface area is 172 Å². The van der Waals surface area contributed by atoms with Gasteiger partial charge in [-0.2, -0.15) is 0 Å². The molecule has 2 N–H and O–H groups in total. The highest BCUT2D eigenvalue weighted by atomic mass is 16.2. The summed E-state index contributed by atoms with van der Waals surface area (Å²) in [5.41, 5.74) is 7.81. The number of carbonyl (C=O) groups excluding carboxylic acids is 2. The fourth-order valence-electron chi connectivity index (χ4n) is 3.09. The molecule has 0 aliphatic carbocycles. The quantitative estimate of drug-likeness (QED) is 0.502. The topological polar surface area (TPSA) is 102 Å². The number of benzene rings is 3. The van der Waals surface area contributed by atoms with Gasteiger partial charge in [0, 0.05) is 5.56 Å². The highest BCUT2D eigenvalue weighted by Crippen LogP contribution is 2.24. The van der Waals surface area contributed by atoms with Crippen molar-refractivity contribution < 1.29 is 9.59 Å². The number of tetrazole rings is 1. The van der Waals surface area contributed by atoms with Crippen molar-refractivity contribution in [2.75, 3.05) is 0 Å². The van der Waals surface area contributed by atoms with Crippen LogP contribution in [0.5, 0.6) is 0 Å². The SMILES string of the molecule is O=C(NNC(=O)C(c1ccccc1)c1ccccc1)c1ccc(-n2cnnn2)cc1. The fourth-order valence-corrected chi connectivity index (χ4v) is 3.09. The molecule has 0 bridgehead atoms. The van der Waals surface area contributed by atoms with E-state index >= 15 is 0 Å². The van der Waals surface area contributed by atoms with E-state index in [-0.39, 0.29) is 5.91 Å². The van der Waals surface area contributed by atoms with Gasteiger partial charge in [-0.1, -0.05) is 60.7 Å². The van der Waals surface area contributed by atoms with E-state index in [0.29, 0.717) is 11.3 Å². The van der Waals surface area contributed by atoms with E-state index in [1.54, 1.807) is 24.3 Å². The average Bonchev–Trinajstić information content (AvgIpc) is 3.34. The van der Waals surface area contributed by atoms with Gasteiger partial charge in [0.1, 0.15) is 6.33 Å². The van der Waals surface area contributed by atoms with Gasteiger partial charge in [-0.05, 0) is 45.8 Å². The van der Waals surface area contributed by atoms with Crippen LogP contribution in [0, 0.1) is 0 Å². The zero-order valence-corrected chi connectivity index (χ0v) is 15.8. The molecule has 0 spiro atoms. The first-order valence-corrected chi connectivity index (χ1v) is 9.26. The van der Waals surface area contributed by atoms with Crippen LogP contribution in [0.25, 0.3) is 5.69 Å². The molecule has 4 aromatic rings. The summed E-state index contributed by atoms with van der Waals surface area (Å²) in [6.45, 7) is 0. The molecule has 148 valence electrons. The highest BCUT2D eigenvalue weighted by molar-refractivity contribution is 5.96. The van der Waals surface area contributed by atoms with Gasteiger partial charge in [-0.3, -0.25) is 20.4 Å². The molecule has 1 aromatic heterocycles. The van der Waals surface area contributed by atoms with Gasteiger partial charge >= 0.3 is 0 Å². The minimum absolute atomic E-state index is 0.328. The third-order valence-corrected chi connectivity index (χ3v) is 4.57. The molecule has 4 rings (SSSR count). The number of amides is 2. The molecule has 0 saturated carbocycles. The average molecular weight is 398 g/mol. The van der Waals surface area contributed by atoms with Crippen LogP contribution in [0.2, 0.25) is 0 Å². The van der Waals surface area contributed by atoms with Crippen molar-refractivity contribution in [3.8, 4) is 5.69 Å². The zero-order chi connectivity index (χ0) is 20.8. The first-order valence-electron chi connectivity index (χ1n) is 9.26. The number of rotatable bonds is 5. The van der Waals surface area contributed by atoms with E-state index in [1.165, 1.54) is 11.0 Å².